The van der Waals surface area contributed by atoms with Crippen molar-refractivity contribution >= 4 is 11.6 Å². The van der Waals surface area contributed by atoms with Gasteiger partial charge in [0.05, 0.1) is 38.2 Å². The van der Waals surface area contributed by atoms with Crippen molar-refractivity contribution in [3.63, 3.8) is 0 Å². The number of rotatable bonds is 12. The minimum atomic E-state index is -0.197. The monoisotopic (exact) mass is 567 g/mol. The number of carbonyl (C=O) groups excluding carboxylic acids is 1. The van der Waals surface area contributed by atoms with Gasteiger partial charge in [-0.3, -0.25) is 4.79 Å². The molecule has 2 aromatic carbocycles. The molecule has 3 aliphatic heterocycles. The molecule has 0 bridgehead atoms. The molecule has 2 saturated heterocycles. The molecule has 2 fully saturated rings. The van der Waals surface area contributed by atoms with Crippen molar-refractivity contribution in [2.45, 2.75) is 57.0 Å². The van der Waals surface area contributed by atoms with Gasteiger partial charge in [0.25, 0.3) is 0 Å². The van der Waals surface area contributed by atoms with Gasteiger partial charge < -0.3 is 38.8 Å². The van der Waals surface area contributed by atoms with Gasteiger partial charge in [0, 0.05) is 51.9 Å². The molecule has 1 N–H and O–H groups in total. The number of nitrogens with zero attached hydrogens (tertiary/aromatic N) is 2. The summed E-state index contributed by atoms with van der Waals surface area (Å²) < 4.78 is 29.6. The smallest absolute Gasteiger partial charge is 0.248 e. The van der Waals surface area contributed by atoms with E-state index in [1.807, 2.05) is 23.1 Å². The van der Waals surface area contributed by atoms with E-state index in [-0.39, 0.29) is 36.7 Å². The molecule has 224 valence electrons. The minimum Gasteiger partial charge on any atom is -0.497 e. The lowest BCUT2D eigenvalue weighted by molar-refractivity contribution is -0.141. The first-order chi connectivity index (χ1) is 20.1. The highest BCUT2D eigenvalue weighted by Crippen LogP contribution is 2.35. The molecule has 4 atom stereocenters. The van der Waals surface area contributed by atoms with E-state index in [0.717, 1.165) is 73.8 Å². The third kappa shape index (κ3) is 7.33. The Bertz CT molecular complexity index is 1130. The summed E-state index contributed by atoms with van der Waals surface area (Å²) in [6, 6.07) is 14.7. The second-order valence-corrected chi connectivity index (χ2v) is 11.2. The number of benzene rings is 2. The van der Waals surface area contributed by atoms with Crippen molar-refractivity contribution in [1.29, 1.82) is 0 Å². The molecule has 0 saturated carbocycles. The summed E-state index contributed by atoms with van der Waals surface area (Å²) in [5.41, 5.74) is 3.32. The van der Waals surface area contributed by atoms with Crippen molar-refractivity contribution in [3.05, 3.63) is 53.6 Å². The average Bonchev–Trinajstić information content (AvgIpc) is 3.45. The van der Waals surface area contributed by atoms with Crippen molar-refractivity contribution in [3.8, 4) is 11.5 Å². The summed E-state index contributed by atoms with van der Waals surface area (Å²) in [4.78, 5) is 17.3. The Labute approximate surface area is 244 Å². The van der Waals surface area contributed by atoms with Gasteiger partial charge in [-0.1, -0.05) is 18.2 Å². The van der Waals surface area contributed by atoms with E-state index in [9.17, 15) is 4.79 Å². The number of ether oxygens (including phenoxy) is 5. The van der Waals surface area contributed by atoms with Crippen LogP contribution in [0.2, 0.25) is 0 Å². The number of piperidine rings is 1. The second-order valence-electron chi connectivity index (χ2n) is 11.2. The number of likely N-dealkylation sites (tertiary alicyclic amines) is 1. The maximum absolute atomic E-state index is 13.0. The minimum absolute atomic E-state index is 0.0301. The Hall–Kier alpha value is -2.85. The van der Waals surface area contributed by atoms with Gasteiger partial charge in [-0.2, -0.15) is 0 Å². The van der Waals surface area contributed by atoms with E-state index in [1.165, 1.54) is 0 Å². The number of carbonyl (C=O) groups is 1. The van der Waals surface area contributed by atoms with Gasteiger partial charge >= 0.3 is 0 Å². The summed E-state index contributed by atoms with van der Waals surface area (Å²) >= 11 is 0. The maximum atomic E-state index is 13.0. The molecule has 2 aromatic rings. The van der Waals surface area contributed by atoms with Crippen molar-refractivity contribution < 1.29 is 28.5 Å². The standard InChI is InChI=1S/C32H45N3O6/c1-23-6-4-14-35(23)31(36)22-41-30-20-33-19-29(32(30)25-8-10-26(38-3)11-9-25)40-21-24-7-12-28-27(18-24)34(15-17-39-28)13-5-16-37-2/h7-12,18,23,29-30,32-33H,4-6,13-17,19-22H2,1-3H3/t23-,29+,30-,32+/m1/s1. The number of amides is 1. The summed E-state index contributed by atoms with van der Waals surface area (Å²) in [5.74, 6) is 1.76. The zero-order chi connectivity index (χ0) is 28.6. The van der Waals surface area contributed by atoms with Crippen LogP contribution in [-0.2, 0) is 25.6 Å². The fraction of sp³-hybridized carbons (Fsp3) is 0.594. The van der Waals surface area contributed by atoms with E-state index < -0.39 is 0 Å². The van der Waals surface area contributed by atoms with E-state index in [0.29, 0.717) is 26.3 Å². The number of hydrogen-bond acceptors (Lipinski definition) is 8. The van der Waals surface area contributed by atoms with Crippen molar-refractivity contribution in [1.82, 2.24) is 10.2 Å². The highest BCUT2D eigenvalue weighted by molar-refractivity contribution is 5.78. The van der Waals surface area contributed by atoms with Crippen molar-refractivity contribution in [2.24, 2.45) is 0 Å². The maximum Gasteiger partial charge on any atom is 0.248 e. The SMILES string of the molecule is COCCCN1CCOc2ccc(CO[C@H]3CNC[C@@H](OCC(=O)N4CCC[C@H]4C)[C@H]3c3ccc(OC)cc3)cc21. The van der Waals surface area contributed by atoms with Crippen LogP contribution in [0.25, 0.3) is 0 Å². The van der Waals surface area contributed by atoms with Gasteiger partial charge in [-0.25, -0.2) is 0 Å². The van der Waals surface area contributed by atoms with Crippen LogP contribution in [0.3, 0.4) is 0 Å². The molecule has 5 rings (SSSR count). The van der Waals surface area contributed by atoms with Crippen LogP contribution < -0.4 is 19.7 Å². The second kappa shape index (κ2) is 14.4. The summed E-state index contributed by atoms with van der Waals surface area (Å²) in [6.45, 7) is 8.05. The highest BCUT2D eigenvalue weighted by atomic mass is 16.5. The molecule has 0 aliphatic carbocycles. The molecule has 9 heteroatoms. The Kier molecular flexibility index (Phi) is 10.4. The molecule has 0 aromatic heterocycles. The van der Waals surface area contributed by atoms with Crippen LogP contribution in [0, 0.1) is 0 Å². The number of methoxy groups -OCH3 is 2. The fourth-order valence-corrected chi connectivity index (χ4v) is 6.25. The normalized spacial score (nSPS) is 24.2. The van der Waals surface area contributed by atoms with Crippen LogP contribution >= 0.6 is 0 Å². The Morgan fingerprint density at radius 3 is 2.59 bits per heavy atom. The fourth-order valence-electron chi connectivity index (χ4n) is 6.25. The molecule has 0 spiro atoms. The zero-order valence-electron chi connectivity index (χ0n) is 24.7. The highest BCUT2D eigenvalue weighted by Gasteiger charge is 2.37. The lowest BCUT2D eigenvalue weighted by Crippen LogP contribution is -2.51. The first-order valence-corrected chi connectivity index (χ1v) is 14.9. The van der Waals surface area contributed by atoms with Gasteiger partial charge in [0.1, 0.15) is 24.7 Å². The number of anilines is 1. The average molecular weight is 568 g/mol. The third-order valence-electron chi connectivity index (χ3n) is 8.51. The number of hydrogen-bond donors (Lipinski definition) is 1. The van der Waals surface area contributed by atoms with E-state index >= 15 is 0 Å². The van der Waals surface area contributed by atoms with Crippen LogP contribution in [-0.4, -0.2) is 95.8 Å². The summed E-state index contributed by atoms with van der Waals surface area (Å²) in [5, 5.41) is 3.49. The number of nitrogens with one attached hydrogen (secondary N) is 1. The Balaban J connectivity index is 1.29. The molecule has 0 unspecified atom stereocenters. The molecule has 1 amide bonds. The molecule has 3 aliphatic rings. The quantitative estimate of drug-likeness (QED) is 0.390. The molecule has 0 radical (unpaired) electrons. The lowest BCUT2D eigenvalue weighted by atomic mass is 9.85. The van der Waals surface area contributed by atoms with Gasteiger partial charge in [0.2, 0.25) is 5.91 Å². The van der Waals surface area contributed by atoms with Crippen LogP contribution in [0.4, 0.5) is 5.69 Å². The predicted octanol–water partition coefficient (Wildman–Crippen LogP) is 3.60. The Morgan fingerprint density at radius 2 is 1.85 bits per heavy atom. The van der Waals surface area contributed by atoms with Crippen LogP contribution in [0.5, 0.6) is 11.5 Å². The van der Waals surface area contributed by atoms with Crippen LogP contribution in [0.1, 0.15) is 43.2 Å². The van der Waals surface area contributed by atoms with E-state index in [4.69, 9.17) is 23.7 Å². The summed E-state index contributed by atoms with van der Waals surface area (Å²) in [7, 11) is 3.41. The Morgan fingerprint density at radius 1 is 1.05 bits per heavy atom. The molecule has 41 heavy (non-hydrogen) atoms. The zero-order valence-corrected chi connectivity index (χ0v) is 24.7. The van der Waals surface area contributed by atoms with Crippen molar-refractivity contribution in [2.75, 3.05) is 71.7 Å². The molecular formula is C32H45N3O6. The first kappa shape index (κ1) is 29.6. The molecule has 3 heterocycles. The van der Waals surface area contributed by atoms with Gasteiger partial charge in [-0.05, 0) is 61.6 Å². The van der Waals surface area contributed by atoms with Gasteiger partial charge in [0.15, 0.2) is 0 Å². The topological polar surface area (TPSA) is 81.7 Å². The summed E-state index contributed by atoms with van der Waals surface area (Å²) in [6.07, 6.45) is 2.75. The van der Waals surface area contributed by atoms with E-state index in [1.54, 1.807) is 14.2 Å². The first-order valence-electron chi connectivity index (χ1n) is 14.9. The molecule has 9 nitrogen and oxygen atoms in total. The lowest BCUT2D eigenvalue weighted by Gasteiger charge is -2.39. The largest absolute Gasteiger partial charge is 0.497 e. The molecular weight excluding hydrogens is 522 g/mol. The predicted molar refractivity (Wildman–Crippen MR) is 158 cm³/mol. The van der Waals surface area contributed by atoms with Crippen LogP contribution in [0.15, 0.2) is 42.5 Å². The van der Waals surface area contributed by atoms with E-state index in [2.05, 4.69) is 41.4 Å². The van der Waals surface area contributed by atoms with Gasteiger partial charge in [-0.15, -0.1) is 0 Å². The third-order valence-corrected chi connectivity index (χ3v) is 8.51. The number of fused-ring (bicyclic) bond motifs is 1.